The Morgan fingerprint density at radius 3 is 2.50 bits per heavy atom. The lowest BCUT2D eigenvalue weighted by Crippen LogP contribution is -2.46. The second-order valence-corrected chi connectivity index (χ2v) is 9.52. The lowest BCUT2D eigenvalue weighted by Gasteiger charge is -2.29. The summed E-state index contributed by atoms with van der Waals surface area (Å²) in [6.45, 7) is 0.146. The molecule has 0 aliphatic carbocycles. The molecule has 1 atom stereocenters. The number of nitrogens with one attached hydrogen (secondary N) is 2. The van der Waals surface area contributed by atoms with Crippen molar-refractivity contribution >= 4 is 52.4 Å². The van der Waals surface area contributed by atoms with Crippen LogP contribution < -0.4 is 10.6 Å². The standard InChI is InChI=1S/C28H21Cl2N5O3/c29-20-9-10-21-23(14-20)33-27(37)24(13-18-3-1-11-31-15-18)35(28(21)38)16-17-5-7-19(8-6-17)26(36)34-25-22(30)4-2-12-32-25/h1-12,14-15,24H,13,16H2,(H,33,37)(H,32,34,36). The van der Waals surface area contributed by atoms with Gasteiger partial charge in [0.05, 0.1) is 16.3 Å². The second-order valence-electron chi connectivity index (χ2n) is 8.68. The molecule has 0 radical (unpaired) electrons. The summed E-state index contributed by atoms with van der Waals surface area (Å²) in [7, 11) is 0. The van der Waals surface area contributed by atoms with Crippen LogP contribution in [0.3, 0.4) is 0 Å². The summed E-state index contributed by atoms with van der Waals surface area (Å²) >= 11 is 12.2. The lowest BCUT2D eigenvalue weighted by molar-refractivity contribution is -0.120. The number of aromatic nitrogens is 2. The van der Waals surface area contributed by atoms with Crippen molar-refractivity contribution < 1.29 is 14.4 Å². The average Bonchev–Trinajstić information content (AvgIpc) is 3.00. The van der Waals surface area contributed by atoms with Gasteiger partial charge in [0.1, 0.15) is 6.04 Å². The van der Waals surface area contributed by atoms with E-state index in [9.17, 15) is 14.4 Å². The van der Waals surface area contributed by atoms with Crippen LogP contribution in [0, 0.1) is 0 Å². The predicted molar refractivity (Wildman–Crippen MR) is 145 cm³/mol. The number of halogens is 2. The molecule has 1 aliphatic rings. The zero-order valence-electron chi connectivity index (χ0n) is 19.9. The molecule has 38 heavy (non-hydrogen) atoms. The van der Waals surface area contributed by atoms with Gasteiger partial charge in [-0.1, -0.05) is 41.4 Å². The molecule has 3 heterocycles. The predicted octanol–water partition coefficient (Wildman–Crippen LogP) is 5.24. The van der Waals surface area contributed by atoms with E-state index in [4.69, 9.17) is 23.2 Å². The molecule has 190 valence electrons. The van der Waals surface area contributed by atoms with Gasteiger partial charge in [0.2, 0.25) is 5.91 Å². The van der Waals surface area contributed by atoms with Gasteiger partial charge < -0.3 is 15.5 Å². The third-order valence-corrected chi connectivity index (χ3v) is 6.66. The van der Waals surface area contributed by atoms with Crippen molar-refractivity contribution in [2.45, 2.75) is 19.0 Å². The molecular weight excluding hydrogens is 525 g/mol. The normalized spacial score (nSPS) is 14.9. The first-order chi connectivity index (χ1) is 18.4. The monoisotopic (exact) mass is 545 g/mol. The average molecular weight is 546 g/mol. The Hall–Kier alpha value is -4.27. The zero-order chi connectivity index (χ0) is 26.6. The number of pyridine rings is 2. The Morgan fingerprint density at radius 1 is 0.974 bits per heavy atom. The number of rotatable bonds is 6. The molecule has 0 bridgehead atoms. The van der Waals surface area contributed by atoms with Crippen LogP contribution in [0.4, 0.5) is 11.5 Å². The van der Waals surface area contributed by atoms with E-state index in [1.807, 2.05) is 6.07 Å². The van der Waals surface area contributed by atoms with Crippen molar-refractivity contribution in [3.8, 4) is 0 Å². The van der Waals surface area contributed by atoms with Gasteiger partial charge in [-0.05, 0) is 59.7 Å². The van der Waals surface area contributed by atoms with E-state index in [0.29, 0.717) is 26.9 Å². The molecule has 4 aromatic rings. The van der Waals surface area contributed by atoms with Gasteiger partial charge in [0.15, 0.2) is 5.82 Å². The summed E-state index contributed by atoms with van der Waals surface area (Å²) in [6, 6.07) is 17.7. The van der Waals surface area contributed by atoms with Crippen LogP contribution in [0.15, 0.2) is 85.3 Å². The highest BCUT2D eigenvalue weighted by Crippen LogP contribution is 2.29. The van der Waals surface area contributed by atoms with Crippen LogP contribution in [-0.2, 0) is 17.8 Å². The van der Waals surface area contributed by atoms with Crippen LogP contribution in [-0.4, -0.2) is 38.6 Å². The minimum absolute atomic E-state index is 0.146. The van der Waals surface area contributed by atoms with E-state index in [2.05, 4.69) is 20.6 Å². The number of carbonyl (C=O) groups excluding carboxylic acids is 3. The molecule has 2 aromatic carbocycles. The quantitative estimate of drug-likeness (QED) is 0.344. The van der Waals surface area contributed by atoms with E-state index in [-0.39, 0.29) is 36.5 Å². The first kappa shape index (κ1) is 25.4. The maximum Gasteiger partial charge on any atom is 0.256 e. The summed E-state index contributed by atoms with van der Waals surface area (Å²) in [4.78, 5) is 49.5. The fourth-order valence-electron chi connectivity index (χ4n) is 4.20. The number of fused-ring (bicyclic) bond motifs is 1. The van der Waals surface area contributed by atoms with Crippen molar-refractivity contribution in [3.63, 3.8) is 0 Å². The molecule has 2 N–H and O–H groups in total. The van der Waals surface area contributed by atoms with Gasteiger partial charge in [0.25, 0.3) is 11.8 Å². The molecule has 10 heteroatoms. The Bertz CT molecular complexity index is 1510. The highest BCUT2D eigenvalue weighted by molar-refractivity contribution is 6.33. The maximum absolute atomic E-state index is 13.7. The lowest BCUT2D eigenvalue weighted by atomic mass is 10.0. The highest BCUT2D eigenvalue weighted by Gasteiger charge is 2.35. The van der Waals surface area contributed by atoms with Gasteiger partial charge in [-0.2, -0.15) is 0 Å². The van der Waals surface area contributed by atoms with Gasteiger partial charge in [-0.15, -0.1) is 0 Å². The largest absolute Gasteiger partial charge is 0.323 e. The smallest absolute Gasteiger partial charge is 0.256 e. The summed E-state index contributed by atoms with van der Waals surface area (Å²) in [5, 5.41) is 6.28. The third kappa shape index (κ3) is 5.51. The van der Waals surface area contributed by atoms with Crippen LogP contribution in [0.2, 0.25) is 10.0 Å². The zero-order valence-corrected chi connectivity index (χ0v) is 21.4. The number of hydrogen-bond donors (Lipinski definition) is 2. The molecule has 5 rings (SSSR count). The number of carbonyl (C=O) groups is 3. The Balaban J connectivity index is 1.42. The van der Waals surface area contributed by atoms with Gasteiger partial charge in [-0.3, -0.25) is 19.4 Å². The SMILES string of the molecule is O=C(Nc1ncccc1Cl)c1ccc(CN2C(=O)c3ccc(Cl)cc3NC(=O)C2Cc2cccnc2)cc1. The fourth-order valence-corrected chi connectivity index (χ4v) is 4.54. The Kier molecular flexibility index (Phi) is 7.35. The molecule has 0 saturated heterocycles. The number of nitrogens with zero attached hydrogens (tertiary/aromatic N) is 3. The summed E-state index contributed by atoms with van der Waals surface area (Å²) < 4.78 is 0. The number of benzene rings is 2. The van der Waals surface area contributed by atoms with E-state index in [1.54, 1.807) is 73.1 Å². The first-order valence-corrected chi connectivity index (χ1v) is 12.5. The van der Waals surface area contributed by atoms with E-state index < -0.39 is 6.04 Å². The van der Waals surface area contributed by atoms with Gasteiger partial charge >= 0.3 is 0 Å². The first-order valence-electron chi connectivity index (χ1n) is 11.7. The fraction of sp³-hybridized carbons (Fsp3) is 0.107. The van der Waals surface area contributed by atoms with Crippen molar-refractivity contribution in [1.82, 2.24) is 14.9 Å². The summed E-state index contributed by atoms with van der Waals surface area (Å²) in [5.41, 5.74) is 2.66. The van der Waals surface area contributed by atoms with Crippen LogP contribution >= 0.6 is 23.2 Å². The molecule has 0 fully saturated rings. The molecule has 8 nitrogen and oxygen atoms in total. The molecule has 0 spiro atoms. The molecule has 1 aliphatic heterocycles. The van der Waals surface area contributed by atoms with E-state index in [1.165, 1.54) is 11.1 Å². The summed E-state index contributed by atoms with van der Waals surface area (Å²) in [6.07, 6.45) is 5.13. The van der Waals surface area contributed by atoms with Crippen LogP contribution in [0.5, 0.6) is 0 Å². The number of anilines is 2. The summed E-state index contributed by atoms with van der Waals surface area (Å²) in [5.74, 6) is -0.744. The Labute approximate surface area is 228 Å². The van der Waals surface area contributed by atoms with Gasteiger partial charge in [-0.25, -0.2) is 4.98 Å². The minimum atomic E-state index is -0.799. The maximum atomic E-state index is 13.7. The topological polar surface area (TPSA) is 104 Å². The van der Waals surface area contributed by atoms with E-state index in [0.717, 1.165) is 11.1 Å². The molecule has 2 aromatic heterocycles. The minimum Gasteiger partial charge on any atom is -0.323 e. The van der Waals surface area contributed by atoms with Crippen molar-refractivity contribution in [3.05, 3.63) is 118 Å². The Morgan fingerprint density at radius 2 is 1.76 bits per heavy atom. The van der Waals surface area contributed by atoms with Crippen molar-refractivity contribution in [2.75, 3.05) is 10.6 Å². The van der Waals surface area contributed by atoms with E-state index >= 15 is 0 Å². The number of amides is 3. The van der Waals surface area contributed by atoms with Crippen LogP contribution in [0.25, 0.3) is 0 Å². The van der Waals surface area contributed by atoms with Crippen LogP contribution in [0.1, 0.15) is 31.8 Å². The molecular formula is C28H21Cl2N5O3. The molecule has 3 amide bonds. The number of hydrogen-bond acceptors (Lipinski definition) is 5. The highest BCUT2D eigenvalue weighted by atomic mass is 35.5. The van der Waals surface area contributed by atoms with Crippen molar-refractivity contribution in [2.24, 2.45) is 0 Å². The second kappa shape index (κ2) is 11.0. The van der Waals surface area contributed by atoms with Crippen molar-refractivity contribution in [1.29, 1.82) is 0 Å². The molecule has 1 unspecified atom stereocenters. The third-order valence-electron chi connectivity index (χ3n) is 6.12. The molecule has 0 saturated carbocycles. The van der Waals surface area contributed by atoms with Gasteiger partial charge in [0, 0.05) is 42.1 Å².